The summed E-state index contributed by atoms with van der Waals surface area (Å²) in [5.74, 6) is -0.477. The number of alkyl halides is 2. The summed E-state index contributed by atoms with van der Waals surface area (Å²) in [6.45, 7) is -1.79. The normalized spacial score (nSPS) is 19.9. The molecule has 2 aromatic carbocycles. The number of aromatic nitrogens is 4. The summed E-state index contributed by atoms with van der Waals surface area (Å²) in [5, 5.41) is 10.8. The molecule has 0 aliphatic carbocycles. The summed E-state index contributed by atoms with van der Waals surface area (Å²) < 4.78 is 53.0. The van der Waals surface area contributed by atoms with Gasteiger partial charge in [0.2, 0.25) is 0 Å². The Morgan fingerprint density at radius 2 is 1.89 bits per heavy atom. The molecule has 2 aliphatic heterocycles. The van der Waals surface area contributed by atoms with Crippen molar-refractivity contribution >= 4 is 22.6 Å². The zero-order chi connectivity index (χ0) is 26.6. The van der Waals surface area contributed by atoms with Crippen LogP contribution in [0.15, 0.2) is 36.7 Å². The van der Waals surface area contributed by atoms with E-state index in [0.29, 0.717) is 59.9 Å². The Morgan fingerprint density at radius 1 is 1.11 bits per heavy atom. The van der Waals surface area contributed by atoms with E-state index in [4.69, 9.17) is 21.3 Å². The molecule has 0 spiro atoms. The van der Waals surface area contributed by atoms with Crippen molar-refractivity contribution in [3.8, 4) is 16.9 Å². The summed E-state index contributed by atoms with van der Waals surface area (Å²) in [7, 11) is 1.85. The number of ether oxygens (including phenoxy) is 2. The van der Waals surface area contributed by atoms with Gasteiger partial charge < -0.3 is 19.1 Å². The number of fused-ring (bicyclic) bond motifs is 4. The quantitative estimate of drug-likeness (QED) is 0.404. The number of aliphatic hydroxyl groups is 1. The van der Waals surface area contributed by atoms with E-state index < -0.39 is 23.8 Å². The van der Waals surface area contributed by atoms with Crippen LogP contribution in [0, 0.1) is 5.82 Å². The molecule has 6 rings (SSSR count). The fraction of sp³-hybridized carbons (Fsp3) is 0.346. The van der Waals surface area contributed by atoms with E-state index in [9.17, 15) is 18.3 Å². The lowest BCUT2D eigenvalue weighted by molar-refractivity contribution is -0.0529. The van der Waals surface area contributed by atoms with Crippen molar-refractivity contribution in [1.82, 2.24) is 24.4 Å². The first kappa shape index (κ1) is 25.1. The summed E-state index contributed by atoms with van der Waals surface area (Å²) in [6.07, 6.45) is 3.70. The van der Waals surface area contributed by atoms with Crippen molar-refractivity contribution in [1.29, 1.82) is 0 Å². The van der Waals surface area contributed by atoms with E-state index in [1.165, 1.54) is 0 Å². The van der Waals surface area contributed by atoms with Gasteiger partial charge in [0.1, 0.15) is 11.4 Å². The van der Waals surface area contributed by atoms with Gasteiger partial charge in [-0.25, -0.2) is 19.3 Å². The average Bonchev–Trinajstić information content (AvgIpc) is 3.46. The molecule has 12 heteroatoms. The zero-order valence-corrected chi connectivity index (χ0v) is 21.1. The molecule has 4 heterocycles. The first-order chi connectivity index (χ1) is 18.2. The highest BCUT2D eigenvalue weighted by molar-refractivity contribution is 6.31. The van der Waals surface area contributed by atoms with E-state index in [1.807, 2.05) is 34.7 Å². The minimum Gasteiger partial charge on any atom is -0.431 e. The largest absolute Gasteiger partial charge is 0.431 e. The molecule has 198 valence electrons. The summed E-state index contributed by atoms with van der Waals surface area (Å²) in [5.41, 5.74) is 2.48. The fourth-order valence-electron chi connectivity index (χ4n) is 5.07. The Labute approximate surface area is 220 Å². The second-order valence-corrected chi connectivity index (χ2v) is 10.0. The van der Waals surface area contributed by atoms with Crippen molar-refractivity contribution in [2.75, 3.05) is 20.3 Å². The lowest BCUT2D eigenvalue weighted by Crippen LogP contribution is -2.28. The number of benzene rings is 2. The van der Waals surface area contributed by atoms with Crippen LogP contribution in [0.3, 0.4) is 0 Å². The molecule has 0 bridgehead atoms. The molecule has 8 nitrogen and oxygen atoms in total. The monoisotopic (exact) mass is 545 g/mol. The maximum Gasteiger partial charge on any atom is 0.387 e. The van der Waals surface area contributed by atoms with Crippen molar-refractivity contribution in [2.24, 2.45) is 0 Å². The topological polar surface area (TPSA) is 85.5 Å². The second-order valence-electron chi connectivity index (χ2n) is 9.62. The molecule has 1 fully saturated rings. The molecule has 0 saturated carbocycles. The van der Waals surface area contributed by atoms with Crippen molar-refractivity contribution in [3.05, 3.63) is 70.3 Å². The van der Waals surface area contributed by atoms with Gasteiger partial charge in [-0.2, -0.15) is 8.78 Å². The molecule has 1 saturated heterocycles. The number of hydrogen-bond donors (Lipinski definition) is 1. The first-order valence-corrected chi connectivity index (χ1v) is 12.3. The standard InChI is InChI=1S/C26H23ClF3N5O3/c1-34-10-16-17(23(38-25(29)30)19(28)7-18(16)27)11-35-21-6-14(2-3-20(21)33-22(35)12-34)15-8-31-24(32-9-15)26(36)4-5-37-13-26/h2-3,6-9,25,36H,4-5,10-13H2,1H3. The van der Waals surface area contributed by atoms with Gasteiger partial charge in [0, 0.05) is 41.5 Å². The van der Waals surface area contributed by atoms with Crippen molar-refractivity contribution < 1.29 is 27.8 Å². The third-order valence-corrected chi connectivity index (χ3v) is 7.33. The van der Waals surface area contributed by atoms with Crippen LogP contribution in [0.5, 0.6) is 5.75 Å². The molecule has 1 atom stereocenters. The van der Waals surface area contributed by atoms with Gasteiger partial charge in [-0.05, 0) is 36.4 Å². The lowest BCUT2D eigenvalue weighted by Gasteiger charge is -2.26. The van der Waals surface area contributed by atoms with Crippen LogP contribution in [0.2, 0.25) is 5.02 Å². The highest BCUT2D eigenvalue weighted by Gasteiger charge is 2.37. The maximum absolute atomic E-state index is 14.8. The molecule has 0 amide bonds. The minimum atomic E-state index is -3.19. The first-order valence-electron chi connectivity index (χ1n) is 12.0. The predicted octanol–water partition coefficient (Wildman–Crippen LogP) is 4.49. The number of halogens is 4. The fourth-order valence-corrected chi connectivity index (χ4v) is 5.34. The lowest BCUT2D eigenvalue weighted by atomic mass is 10.0. The Kier molecular flexibility index (Phi) is 6.26. The molecular formula is C26H23ClF3N5O3. The van der Waals surface area contributed by atoms with Crippen LogP contribution in [0.1, 0.15) is 29.2 Å². The van der Waals surface area contributed by atoms with E-state index >= 15 is 0 Å². The molecule has 4 aromatic rings. The Morgan fingerprint density at radius 3 is 2.61 bits per heavy atom. The van der Waals surface area contributed by atoms with Crippen molar-refractivity contribution in [3.63, 3.8) is 0 Å². The number of rotatable bonds is 4. The Hall–Kier alpha value is -3.25. The van der Waals surface area contributed by atoms with Crippen LogP contribution < -0.4 is 4.74 Å². The summed E-state index contributed by atoms with van der Waals surface area (Å²) in [4.78, 5) is 15.4. The third kappa shape index (κ3) is 4.39. The van der Waals surface area contributed by atoms with Crippen molar-refractivity contribution in [2.45, 2.75) is 38.3 Å². The Balaban J connectivity index is 1.44. The van der Waals surface area contributed by atoms with Crippen LogP contribution in [0.25, 0.3) is 22.2 Å². The molecule has 2 aliphatic rings. The van der Waals surface area contributed by atoms with Gasteiger partial charge in [-0.15, -0.1) is 0 Å². The van der Waals surface area contributed by atoms with Gasteiger partial charge in [-0.3, -0.25) is 4.90 Å². The van der Waals surface area contributed by atoms with Gasteiger partial charge in [0.05, 0.1) is 37.3 Å². The maximum atomic E-state index is 14.8. The molecule has 2 aromatic heterocycles. The third-order valence-electron chi connectivity index (χ3n) is 6.99. The predicted molar refractivity (Wildman–Crippen MR) is 132 cm³/mol. The molecule has 1 N–H and O–H groups in total. The van der Waals surface area contributed by atoms with E-state index in [-0.39, 0.29) is 23.7 Å². The van der Waals surface area contributed by atoms with E-state index in [2.05, 4.69) is 14.7 Å². The summed E-state index contributed by atoms with van der Waals surface area (Å²) >= 11 is 6.37. The number of imidazole rings is 1. The van der Waals surface area contributed by atoms with Crippen LogP contribution in [-0.4, -0.2) is 56.4 Å². The van der Waals surface area contributed by atoms with Gasteiger partial charge in [0.15, 0.2) is 17.4 Å². The molecular weight excluding hydrogens is 523 g/mol. The molecule has 0 radical (unpaired) electrons. The second kappa shape index (κ2) is 9.49. The SMILES string of the molecule is CN1Cc2c(Cl)cc(F)c(OC(F)F)c2Cn2c(nc3ccc(-c4cnc(C5(O)CCOC5)nc4)cc32)C1. The smallest absolute Gasteiger partial charge is 0.387 e. The van der Waals surface area contributed by atoms with Crippen LogP contribution >= 0.6 is 11.6 Å². The van der Waals surface area contributed by atoms with Crippen LogP contribution in [0.4, 0.5) is 13.2 Å². The number of nitrogens with zero attached hydrogens (tertiary/aromatic N) is 5. The zero-order valence-electron chi connectivity index (χ0n) is 20.3. The van der Waals surface area contributed by atoms with Gasteiger partial charge in [-0.1, -0.05) is 17.7 Å². The summed E-state index contributed by atoms with van der Waals surface area (Å²) in [6, 6.07) is 6.64. The molecule has 1 unspecified atom stereocenters. The molecule has 38 heavy (non-hydrogen) atoms. The van der Waals surface area contributed by atoms with Crippen LogP contribution in [-0.2, 0) is 30.0 Å². The van der Waals surface area contributed by atoms with E-state index in [0.717, 1.165) is 11.6 Å². The van der Waals surface area contributed by atoms with Gasteiger partial charge >= 0.3 is 6.61 Å². The van der Waals surface area contributed by atoms with E-state index in [1.54, 1.807) is 12.4 Å². The highest BCUT2D eigenvalue weighted by Crippen LogP contribution is 2.37. The number of hydrogen-bond acceptors (Lipinski definition) is 7. The highest BCUT2D eigenvalue weighted by atomic mass is 35.5. The minimum absolute atomic E-state index is 0.0421. The van der Waals surface area contributed by atoms with Gasteiger partial charge in [0.25, 0.3) is 0 Å². The Bertz CT molecular complexity index is 1500. The average molecular weight is 546 g/mol.